The first-order valence-corrected chi connectivity index (χ1v) is 11.6. The lowest BCUT2D eigenvalue weighted by molar-refractivity contribution is 0.0946. The molecule has 0 saturated heterocycles. The Labute approximate surface area is 198 Å². The van der Waals surface area contributed by atoms with Crippen LogP contribution in [0.1, 0.15) is 49.2 Å². The number of halogens is 2. The highest BCUT2D eigenvalue weighted by Gasteiger charge is 2.26. The van der Waals surface area contributed by atoms with Crippen molar-refractivity contribution in [1.82, 2.24) is 20.4 Å². The molecule has 1 aromatic heterocycles. The minimum Gasteiger partial charge on any atom is -0.439 e. The molecule has 8 heteroatoms. The minimum atomic E-state index is -0.237. The van der Waals surface area contributed by atoms with Crippen molar-refractivity contribution in [3.05, 3.63) is 69.8 Å². The Hall–Kier alpha value is -2.54. The zero-order valence-electron chi connectivity index (χ0n) is 18.3. The van der Waals surface area contributed by atoms with E-state index in [9.17, 15) is 4.79 Å². The van der Waals surface area contributed by atoms with Gasteiger partial charge in [-0.2, -0.15) is 9.78 Å². The van der Waals surface area contributed by atoms with Crippen LogP contribution in [-0.2, 0) is 6.54 Å². The Kier molecular flexibility index (Phi) is 8.97. The molecule has 0 aliphatic heterocycles. The summed E-state index contributed by atoms with van der Waals surface area (Å²) in [6.07, 6.45) is 2.85. The van der Waals surface area contributed by atoms with Gasteiger partial charge in [-0.05, 0) is 55.8 Å². The van der Waals surface area contributed by atoms with Crippen molar-refractivity contribution in [2.24, 2.45) is 0 Å². The second-order valence-corrected chi connectivity index (χ2v) is 8.18. The summed E-state index contributed by atoms with van der Waals surface area (Å²) in [6.45, 7) is 5.98. The number of benzene rings is 2. The van der Waals surface area contributed by atoms with E-state index in [4.69, 9.17) is 27.9 Å². The molecule has 170 valence electrons. The number of nitrogens with zero attached hydrogens (tertiary/aromatic N) is 2. The fraction of sp³-hybridized carbons (Fsp3) is 0.333. The molecular weight excluding hydrogens is 447 g/mol. The zero-order chi connectivity index (χ0) is 22.9. The maximum absolute atomic E-state index is 13.0. The summed E-state index contributed by atoms with van der Waals surface area (Å²) < 4.78 is 7.85. The van der Waals surface area contributed by atoms with Gasteiger partial charge in [0, 0.05) is 18.1 Å². The van der Waals surface area contributed by atoms with Gasteiger partial charge in [0.1, 0.15) is 5.75 Å². The molecule has 0 aliphatic carbocycles. The van der Waals surface area contributed by atoms with Gasteiger partial charge < -0.3 is 15.4 Å². The fourth-order valence-electron chi connectivity index (χ4n) is 3.14. The smallest absolute Gasteiger partial charge is 0.272 e. The van der Waals surface area contributed by atoms with Crippen LogP contribution in [0, 0.1) is 0 Å². The van der Waals surface area contributed by atoms with Crippen LogP contribution in [0.25, 0.3) is 5.69 Å². The molecular formula is C24H28Cl2N4O2. The number of rotatable bonds is 11. The molecule has 0 saturated carbocycles. The van der Waals surface area contributed by atoms with Crippen LogP contribution in [0.2, 0.25) is 10.0 Å². The van der Waals surface area contributed by atoms with Crippen LogP contribution in [0.3, 0.4) is 0 Å². The summed E-state index contributed by atoms with van der Waals surface area (Å²) >= 11 is 12.5. The summed E-state index contributed by atoms with van der Waals surface area (Å²) in [5, 5.41) is 12.1. The maximum atomic E-state index is 13.0. The van der Waals surface area contributed by atoms with Crippen molar-refractivity contribution < 1.29 is 9.53 Å². The number of unbranched alkanes of at least 4 members (excludes halogenated alkanes) is 1. The third-order valence-electron chi connectivity index (χ3n) is 4.80. The first kappa shape index (κ1) is 24.1. The molecule has 3 rings (SSSR count). The lowest BCUT2D eigenvalue weighted by Crippen LogP contribution is -2.27. The zero-order valence-corrected chi connectivity index (χ0v) is 19.8. The highest BCUT2D eigenvalue weighted by molar-refractivity contribution is 6.32. The molecule has 0 atom stereocenters. The van der Waals surface area contributed by atoms with E-state index in [2.05, 4.69) is 29.6 Å². The minimum absolute atomic E-state index is 0.237. The normalized spacial score (nSPS) is 10.9. The summed E-state index contributed by atoms with van der Waals surface area (Å²) in [5.41, 5.74) is 1.61. The van der Waals surface area contributed by atoms with Crippen LogP contribution in [0.4, 0.5) is 0 Å². The lowest BCUT2D eigenvalue weighted by atomic mass is 10.2. The van der Waals surface area contributed by atoms with Crippen molar-refractivity contribution in [2.45, 2.75) is 39.7 Å². The molecule has 0 bridgehead atoms. The first-order chi connectivity index (χ1) is 15.5. The van der Waals surface area contributed by atoms with E-state index in [1.165, 1.54) is 0 Å². The number of carbonyl (C=O) groups is 1. The Morgan fingerprint density at radius 2 is 1.78 bits per heavy atom. The Morgan fingerprint density at radius 1 is 1.03 bits per heavy atom. The second kappa shape index (κ2) is 11.9. The second-order valence-electron chi connectivity index (χ2n) is 7.34. The van der Waals surface area contributed by atoms with Gasteiger partial charge in [-0.15, -0.1) is 0 Å². The molecule has 3 aromatic rings. The summed E-state index contributed by atoms with van der Waals surface area (Å²) in [6, 6.07) is 14.4. The molecule has 0 fully saturated rings. The van der Waals surface area contributed by atoms with Gasteiger partial charge in [0.15, 0.2) is 5.69 Å². The Morgan fingerprint density at radius 3 is 2.47 bits per heavy atom. The van der Waals surface area contributed by atoms with Crippen molar-refractivity contribution in [2.75, 3.05) is 13.1 Å². The van der Waals surface area contributed by atoms with Gasteiger partial charge in [-0.3, -0.25) is 4.79 Å². The SMILES string of the molecule is CCCCNC(=O)c1nn(-c2ccccc2Cl)c(Oc2ccc(Cl)cc2)c1CNCCC. The molecule has 0 radical (unpaired) electrons. The van der Waals surface area contributed by atoms with Crippen LogP contribution in [0.5, 0.6) is 11.6 Å². The molecule has 2 aromatic carbocycles. The molecule has 2 N–H and O–H groups in total. The fourth-order valence-corrected chi connectivity index (χ4v) is 3.48. The molecule has 1 amide bonds. The summed E-state index contributed by atoms with van der Waals surface area (Å²) in [5.74, 6) is 0.778. The highest BCUT2D eigenvalue weighted by atomic mass is 35.5. The molecule has 32 heavy (non-hydrogen) atoms. The van der Waals surface area contributed by atoms with Gasteiger partial charge in [0.2, 0.25) is 5.88 Å². The first-order valence-electron chi connectivity index (χ1n) is 10.8. The Balaban J connectivity index is 2.10. The van der Waals surface area contributed by atoms with Crippen molar-refractivity contribution in [1.29, 1.82) is 0 Å². The van der Waals surface area contributed by atoms with Gasteiger partial charge in [0.25, 0.3) is 5.91 Å². The van der Waals surface area contributed by atoms with E-state index in [1.54, 1.807) is 35.0 Å². The summed E-state index contributed by atoms with van der Waals surface area (Å²) in [4.78, 5) is 13.0. The molecule has 6 nitrogen and oxygen atoms in total. The number of hydrogen-bond acceptors (Lipinski definition) is 4. The van der Waals surface area contributed by atoms with E-state index in [1.807, 2.05) is 18.2 Å². The number of para-hydroxylation sites is 1. The van der Waals surface area contributed by atoms with Crippen LogP contribution < -0.4 is 15.4 Å². The lowest BCUT2D eigenvalue weighted by Gasteiger charge is -2.13. The van der Waals surface area contributed by atoms with E-state index < -0.39 is 0 Å². The number of amides is 1. The number of ether oxygens (including phenoxy) is 1. The van der Waals surface area contributed by atoms with Crippen molar-refractivity contribution >= 4 is 29.1 Å². The number of nitrogens with one attached hydrogen (secondary N) is 2. The van der Waals surface area contributed by atoms with Crippen molar-refractivity contribution in [3.8, 4) is 17.3 Å². The van der Waals surface area contributed by atoms with Crippen molar-refractivity contribution in [3.63, 3.8) is 0 Å². The molecule has 0 aliphatic rings. The van der Waals surface area contributed by atoms with E-state index in [-0.39, 0.29) is 5.91 Å². The summed E-state index contributed by atoms with van der Waals surface area (Å²) in [7, 11) is 0. The third kappa shape index (κ3) is 6.03. The average molecular weight is 475 g/mol. The number of aromatic nitrogens is 2. The standard InChI is InChI=1S/C24H28Cl2N4O2/c1-3-5-15-28-23(31)22-19(16-27-14-4-2)24(32-18-12-10-17(25)11-13-18)30(29-22)21-9-7-6-8-20(21)26/h6-13,27H,3-5,14-16H2,1-2H3,(H,28,31). The third-order valence-corrected chi connectivity index (χ3v) is 5.38. The van der Waals surface area contributed by atoms with E-state index in [0.29, 0.717) is 51.7 Å². The largest absolute Gasteiger partial charge is 0.439 e. The van der Waals surface area contributed by atoms with Gasteiger partial charge in [-0.1, -0.05) is 55.6 Å². The van der Waals surface area contributed by atoms with Gasteiger partial charge >= 0.3 is 0 Å². The van der Waals surface area contributed by atoms with Crippen LogP contribution >= 0.6 is 23.2 Å². The van der Waals surface area contributed by atoms with Gasteiger partial charge in [-0.25, -0.2) is 0 Å². The predicted molar refractivity (Wildman–Crippen MR) is 129 cm³/mol. The van der Waals surface area contributed by atoms with Crippen LogP contribution in [0.15, 0.2) is 48.5 Å². The van der Waals surface area contributed by atoms with E-state index >= 15 is 0 Å². The van der Waals surface area contributed by atoms with Crippen LogP contribution in [-0.4, -0.2) is 28.8 Å². The molecule has 1 heterocycles. The van der Waals surface area contributed by atoms with E-state index in [0.717, 1.165) is 25.8 Å². The number of hydrogen-bond donors (Lipinski definition) is 2. The number of carbonyl (C=O) groups excluding carboxylic acids is 1. The Bertz CT molecular complexity index is 1030. The highest BCUT2D eigenvalue weighted by Crippen LogP contribution is 2.33. The molecule has 0 unspecified atom stereocenters. The topological polar surface area (TPSA) is 68.2 Å². The maximum Gasteiger partial charge on any atom is 0.272 e. The molecule has 0 spiro atoms. The predicted octanol–water partition coefficient (Wildman–Crippen LogP) is 6.00. The van der Waals surface area contributed by atoms with Gasteiger partial charge in [0.05, 0.1) is 16.3 Å². The quantitative estimate of drug-likeness (QED) is 0.334. The average Bonchev–Trinajstić information content (AvgIpc) is 3.14. The monoisotopic (exact) mass is 474 g/mol.